The first-order chi connectivity index (χ1) is 8.20. The van der Waals surface area contributed by atoms with E-state index in [9.17, 15) is 9.90 Å². The highest BCUT2D eigenvalue weighted by Crippen LogP contribution is 2.27. The third-order valence-corrected chi connectivity index (χ3v) is 3.41. The second-order valence-corrected chi connectivity index (χ2v) is 5.07. The number of hydrogen-bond donors (Lipinski definition) is 2. The molecule has 1 aromatic carbocycles. The number of carbonyl (C=O) groups is 1. The van der Waals surface area contributed by atoms with Crippen LogP contribution in [0.4, 0.5) is 0 Å². The van der Waals surface area contributed by atoms with E-state index in [0.29, 0.717) is 13.2 Å². The monoisotopic (exact) mass is 299 g/mol. The number of halogens is 1. The molecule has 1 aromatic rings. The number of hydrogen-bond acceptors (Lipinski definition) is 4. The van der Waals surface area contributed by atoms with E-state index in [-0.39, 0.29) is 12.6 Å². The number of ether oxygens (including phenoxy) is 1. The van der Waals surface area contributed by atoms with Crippen LogP contribution in [0.15, 0.2) is 28.7 Å². The first kappa shape index (κ1) is 12.7. The molecule has 2 unspecified atom stereocenters. The van der Waals surface area contributed by atoms with Crippen LogP contribution >= 0.6 is 15.9 Å². The fourth-order valence-electron chi connectivity index (χ4n) is 2.01. The van der Waals surface area contributed by atoms with Crippen LogP contribution in [0.1, 0.15) is 5.56 Å². The molecule has 1 aliphatic rings. The van der Waals surface area contributed by atoms with E-state index in [0.717, 1.165) is 16.3 Å². The minimum atomic E-state index is -0.701. The van der Waals surface area contributed by atoms with Crippen molar-refractivity contribution < 1.29 is 14.6 Å². The smallest absolute Gasteiger partial charge is 0.139 e. The van der Waals surface area contributed by atoms with Gasteiger partial charge in [-0.25, -0.2) is 0 Å². The third kappa shape index (κ3) is 2.57. The van der Waals surface area contributed by atoms with Crippen molar-refractivity contribution in [2.75, 3.05) is 19.8 Å². The average molecular weight is 300 g/mol. The van der Waals surface area contributed by atoms with E-state index in [4.69, 9.17) is 4.74 Å². The predicted molar refractivity (Wildman–Crippen MR) is 66.7 cm³/mol. The molecule has 1 fully saturated rings. The first-order valence-electron chi connectivity index (χ1n) is 5.38. The molecule has 0 radical (unpaired) electrons. The molecule has 0 aromatic heterocycles. The van der Waals surface area contributed by atoms with Crippen LogP contribution in [0.2, 0.25) is 0 Å². The SMILES string of the molecule is O=CC1COCC(CO)(c2cccc(Br)c2)N1. The van der Waals surface area contributed by atoms with Gasteiger partial charge in [0.25, 0.3) is 0 Å². The molecule has 0 spiro atoms. The summed E-state index contributed by atoms with van der Waals surface area (Å²) in [5, 5.41) is 12.8. The summed E-state index contributed by atoms with van der Waals surface area (Å²) in [5.41, 5.74) is 0.203. The maximum atomic E-state index is 10.8. The molecule has 17 heavy (non-hydrogen) atoms. The Morgan fingerprint density at radius 2 is 2.47 bits per heavy atom. The van der Waals surface area contributed by atoms with Crippen molar-refractivity contribution in [2.45, 2.75) is 11.6 Å². The number of carbonyl (C=O) groups excluding carboxylic acids is 1. The molecule has 1 heterocycles. The van der Waals surface area contributed by atoms with Gasteiger partial charge in [-0.3, -0.25) is 5.32 Å². The molecule has 0 saturated carbocycles. The van der Waals surface area contributed by atoms with Gasteiger partial charge in [-0.05, 0) is 17.7 Å². The standard InChI is InChI=1S/C12H14BrNO3/c13-10-3-1-2-9(4-10)12(7-16)8-17-6-11(5-15)14-12/h1-5,11,14,16H,6-8H2. The zero-order chi connectivity index (χ0) is 12.3. The van der Waals surface area contributed by atoms with E-state index in [1.54, 1.807) is 0 Å². The van der Waals surface area contributed by atoms with E-state index < -0.39 is 5.54 Å². The summed E-state index contributed by atoms with van der Waals surface area (Å²) in [6.07, 6.45) is 0.807. The lowest BCUT2D eigenvalue weighted by Crippen LogP contribution is -2.59. The van der Waals surface area contributed by atoms with Gasteiger partial charge in [-0.2, -0.15) is 0 Å². The minimum Gasteiger partial charge on any atom is -0.394 e. The van der Waals surface area contributed by atoms with Crippen LogP contribution < -0.4 is 5.32 Å². The Bertz CT molecular complexity index is 412. The molecule has 2 N–H and O–H groups in total. The molecule has 5 heteroatoms. The Morgan fingerprint density at radius 3 is 3.12 bits per heavy atom. The van der Waals surface area contributed by atoms with Crippen LogP contribution in [-0.4, -0.2) is 37.3 Å². The van der Waals surface area contributed by atoms with Gasteiger partial charge in [0.05, 0.1) is 31.4 Å². The summed E-state index contributed by atoms with van der Waals surface area (Å²) >= 11 is 3.39. The highest BCUT2D eigenvalue weighted by molar-refractivity contribution is 9.10. The van der Waals surface area contributed by atoms with Crippen molar-refractivity contribution >= 4 is 22.2 Å². The fourth-order valence-corrected chi connectivity index (χ4v) is 2.41. The van der Waals surface area contributed by atoms with Crippen LogP contribution in [0.3, 0.4) is 0 Å². The Kier molecular flexibility index (Phi) is 3.93. The summed E-state index contributed by atoms with van der Waals surface area (Å²) in [7, 11) is 0. The average Bonchev–Trinajstić information content (AvgIpc) is 2.38. The molecular formula is C12H14BrNO3. The largest absolute Gasteiger partial charge is 0.394 e. The van der Waals surface area contributed by atoms with Gasteiger partial charge in [-0.15, -0.1) is 0 Å². The number of morpholine rings is 1. The van der Waals surface area contributed by atoms with E-state index in [2.05, 4.69) is 21.2 Å². The van der Waals surface area contributed by atoms with Gasteiger partial charge in [0, 0.05) is 4.47 Å². The van der Waals surface area contributed by atoms with Crippen molar-refractivity contribution in [1.82, 2.24) is 5.32 Å². The molecule has 1 aliphatic heterocycles. The molecular weight excluding hydrogens is 286 g/mol. The van der Waals surface area contributed by atoms with Crippen molar-refractivity contribution in [3.05, 3.63) is 34.3 Å². The minimum absolute atomic E-state index is 0.117. The Morgan fingerprint density at radius 1 is 1.65 bits per heavy atom. The Labute approximate surface area is 108 Å². The maximum Gasteiger partial charge on any atom is 0.139 e. The van der Waals surface area contributed by atoms with Crippen LogP contribution in [0, 0.1) is 0 Å². The molecule has 2 rings (SSSR count). The second-order valence-electron chi connectivity index (χ2n) is 4.15. The van der Waals surface area contributed by atoms with E-state index >= 15 is 0 Å². The van der Waals surface area contributed by atoms with Crippen molar-refractivity contribution in [3.8, 4) is 0 Å². The van der Waals surface area contributed by atoms with Crippen LogP contribution in [-0.2, 0) is 15.1 Å². The van der Waals surface area contributed by atoms with E-state index in [1.807, 2.05) is 24.3 Å². The normalized spacial score (nSPS) is 28.9. The molecule has 2 atom stereocenters. The number of aliphatic hydroxyl groups excluding tert-OH is 1. The molecule has 0 amide bonds. The van der Waals surface area contributed by atoms with Gasteiger partial charge in [-0.1, -0.05) is 28.1 Å². The number of aliphatic hydroxyl groups is 1. The Balaban J connectivity index is 2.33. The van der Waals surface area contributed by atoms with Crippen molar-refractivity contribution in [1.29, 1.82) is 0 Å². The summed E-state index contributed by atoms with van der Waals surface area (Å²) < 4.78 is 6.33. The summed E-state index contributed by atoms with van der Waals surface area (Å²) in [6, 6.07) is 7.25. The zero-order valence-electron chi connectivity index (χ0n) is 9.23. The molecule has 0 bridgehead atoms. The van der Waals surface area contributed by atoms with Crippen molar-refractivity contribution in [2.24, 2.45) is 0 Å². The van der Waals surface area contributed by atoms with Gasteiger partial charge >= 0.3 is 0 Å². The maximum absolute atomic E-state index is 10.8. The fraction of sp³-hybridized carbons (Fsp3) is 0.417. The predicted octanol–water partition coefficient (Wildman–Crippen LogP) is 0.824. The zero-order valence-corrected chi connectivity index (χ0v) is 10.8. The lowest BCUT2D eigenvalue weighted by atomic mass is 9.89. The summed E-state index contributed by atoms with van der Waals surface area (Å²) in [4.78, 5) is 10.8. The third-order valence-electron chi connectivity index (χ3n) is 2.92. The number of benzene rings is 1. The second kappa shape index (κ2) is 5.27. The molecule has 1 saturated heterocycles. The van der Waals surface area contributed by atoms with E-state index in [1.165, 1.54) is 0 Å². The van der Waals surface area contributed by atoms with Crippen LogP contribution in [0.5, 0.6) is 0 Å². The van der Waals surface area contributed by atoms with Gasteiger partial charge in [0.2, 0.25) is 0 Å². The van der Waals surface area contributed by atoms with Gasteiger partial charge < -0.3 is 14.6 Å². The number of aldehydes is 1. The number of nitrogens with one attached hydrogen (secondary N) is 1. The Hall–Kier alpha value is -0.750. The van der Waals surface area contributed by atoms with Gasteiger partial charge in [0.15, 0.2) is 0 Å². The number of rotatable bonds is 3. The molecule has 4 nitrogen and oxygen atoms in total. The highest BCUT2D eigenvalue weighted by Gasteiger charge is 2.37. The highest BCUT2D eigenvalue weighted by atomic mass is 79.9. The lowest BCUT2D eigenvalue weighted by Gasteiger charge is -2.39. The van der Waals surface area contributed by atoms with Crippen LogP contribution in [0.25, 0.3) is 0 Å². The molecule has 92 valence electrons. The van der Waals surface area contributed by atoms with Crippen molar-refractivity contribution in [3.63, 3.8) is 0 Å². The quantitative estimate of drug-likeness (QED) is 0.812. The topological polar surface area (TPSA) is 58.6 Å². The molecule has 0 aliphatic carbocycles. The lowest BCUT2D eigenvalue weighted by molar-refractivity contribution is -0.116. The summed E-state index contributed by atoms with van der Waals surface area (Å²) in [5.74, 6) is 0. The van der Waals surface area contributed by atoms with Gasteiger partial charge in [0.1, 0.15) is 6.29 Å². The first-order valence-corrected chi connectivity index (χ1v) is 6.17. The summed E-state index contributed by atoms with van der Waals surface area (Å²) in [6.45, 7) is 0.581.